The van der Waals surface area contributed by atoms with Gasteiger partial charge in [0.25, 0.3) is 0 Å². The third-order valence-corrected chi connectivity index (χ3v) is 3.10. The highest BCUT2D eigenvalue weighted by Crippen LogP contribution is 2.27. The van der Waals surface area contributed by atoms with Crippen LogP contribution in [0.1, 0.15) is 18.2 Å². The topological polar surface area (TPSA) is 59.5 Å². The number of likely N-dealkylation sites (N-methyl/N-ethyl adjacent to an activating group) is 1. The first-order valence-corrected chi connectivity index (χ1v) is 6.10. The van der Waals surface area contributed by atoms with E-state index >= 15 is 0 Å². The highest BCUT2D eigenvalue weighted by Gasteiger charge is 2.16. The average molecular weight is 246 g/mol. The van der Waals surface area contributed by atoms with Crippen molar-refractivity contribution in [2.24, 2.45) is 5.73 Å². The van der Waals surface area contributed by atoms with Crippen molar-refractivity contribution in [3.63, 3.8) is 0 Å². The van der Waals surface area contributed by atoms with E-state index < -0.39 is 0 Å². The van der Waals surface area contributed by atoms with Crippen LogP contribution in [0.5, 0.6) is 0 Å². The molecule has 18 heavy (non-hydrogen) atoms. The molecule has 1 aromatic heterocycles. The number of hydrogen-bond acceptors (Lipinski definition) is 3. The monoisotopic (exact) mass is 246 g/mol. The molecule has 1 heterocycles. The molecule has 4 heteroatoms. The molecule has 0 aliphatic heterocycles. The van der Waals surface area contributed by atoms with Crippen molar-refractivity contribution in [3.8, 4) is 0 Å². The Labute approximate surface area is 106 Å². The fourth-order valence-corrected chi connectivity index (χ4v) is 2.09. The minimum atomic E-state index is -0.0673. The average Bonchev–Trinajstić information content (AvgIpc) is 2.76. The van der Waals surface area contributed by atoms with Crippen LogP contribution < -0.4 is 5.73 Å². The number of fused-ring (bicyclic) bond motifs is 1. The summed E-state index contributed by atoms with van der Waals surface area (Å²) in [4.78, 5) is 13.2. The van der Waals surface area contributed by atoms with E-state index in [0.29, 0.717) is 6.54 Å². The van der Waals surface area contributed by atoms with Gasteiger partial charge in [-0.05, 0) is 6.07 Å². The van der Waals surface area contributed by atoms with Crippen LogP contribution in [0.15, 0.2) is 28.7 Å². The molecule has 2 rings (SSSR count). The van der Waals surface area contributed by atoms with Crippen molar-refractivity contribution >= 4 is 16.9 Å². The standard InChI is InChI=1S/C14H18N2O2/c1-3-12-11(9-16(2)14(17)8-15)10-6-4-5-7-13(10)18-12/h4-7H,3,8-9,15H2,1-2H3. The van der Waals surface area contributed by atoms with Gasteiger partial charge in [0.15, 0.2) is 0 Å². The molecule has 2 N–H and O–H groups in total. The van der Waals surface area contributed by atoms with Crippen LogP contribution in [0, 0.1) is 0 Å². The Morgan fingerprint density at radius 1 is 1.39 bits per heavy atom. The Morgan fingerprint density at radius 2 is 2.11 bits per heavy atom. The second-order valence-corrected chi connectivity index (χ2v) is 4.31. The van der Waals surface area contributed by atoms with Gasteiger partial charge >= 0.3 is 0 Å². The highest BCUT2D eigenvalue weighted by atomic mass is 16.3. The summed E-state index contributed by atoms with van der Waals surface area (Å²) < 4.78 is 5.79. The molecule has 2 aromatic rings. The third kappa shape index (κ3) is 2.24. The van der Waals surface area contributed by atoms with Gasteiger partial charge in [0.1, 0.15) is 11.3 Å². The number of para-hydroxylation sites is 1. The molecule has 1 aromatic carbocycles. The molecule has 0 aliphatic rings. The fourth-order valence-electron chi connectivity index (χ4n) is 2.09. The molecule has 0 aliphatic carbocycles. The maximum Gasteiger partial charge on any atom is 0.236 e. The maximum absolute atomic E-state index is 11.5. The Hall–Kier alpha value is -1.81. The van der Waals surface area contributed by atoms with Crippen LogP contribution in [0.3, 0.4) is 0 Å². The van der Waals surface area contributed by atoms with E-state index in [1.54, 1.807) is 11.9 Å². The van der Waals surface area contributed by atoms with Gasteiger partial charge in [-0.15, -0.1) is 0 Å². The number of amides is 1. The van der Waals surface area contributed by atoms with E-state index in [-0.39, 0.29) is 12.5 Å². The van der Waals surface area contributed by atoms with Crippen molar-refractivity contribution in [2.75, 3.05) is 13.6 Å². The smallest absolute Gasteiger partial charge is 0.236 e. The summed E-state index contributed by atoms with van der Waals surface area (Å²) in [6, 6.07) is 7.90. The highest BCUT2D eigenvalue weighted by molar-refractivity contribution is 5.83. The molecule has 1 amide bonds. The molecular formula is C14H18N2O2. The van der Waals surface area contributed by atoms with Crippen molar-refractivity contribution < 1.29 is 9.21 Å². The summed E-state index contributed by atoms with van der Waals surface area (Å²) in [5.41, 5.74) is 7.32. The van der Waals surface area contributed by atoms with Crippen molar-refractivity contribution in [2.45, 2.75) is 19.9 Å². The predicted octanol–water partition coefficient (Wildman–Crippen LogP) is 1.91. The Bertz CT molecular complexity index is 560. The number of nitrogens with zero attached hydrogens (tertiary/aromatic N) is 1. The Morgan fingerprint density at radius 3 is 2.78 bits per heavy atom. The van der Waals surface area contributed by atoms with Crippen LogP contribution in [-0.4, -0.2) is 24.4 Å². The zero-order valence-corrected chi connectivity index (χ0v) is 10.8. The molecule has 0 radical (unpaired) electrons. The summed E-state index contributed by atoms with van der Waals surface area (Å²) >= 11 is 0. The summed E-state index contributed by atoms with van der Waals surface area (Å²) in [6.45, 7) is 2.62. The quantitative estimate of drug-likeness (QED) is 0.896. The molecule has 4 nitrogen and oxygen atoms in total. The van der Waals surface area contributed by atoms with E-state index in [4.69, 9.17) is 10.2 Å². The second kappa shape index (κ2) is 5.23. The van der Waals surface area contributed by atoms with Gasteiger partial charge in [0, 0.05) is 31.0 Å². The number of nitrogens with two attached hydrogens (primary N) is 1. The van der Waals surface area contributed by atoms with Gasteiger partial charge in [-0.2, -0.15) is 0 Å². The van der Waals surface area contributed by atoms with Gasteiger partial charge in [-0.3, -0.25) is 4.79 Å². The lowest BCUT2D eigenvalue weighted by Gasteiger charge is -2.16. The van der Waals surface area contributed by atoms with E-state index in [2.05, 4.69) is 0 Å². The lowest BCUT2D eigenvalue weighted by molar-refractivity contribution is -0.128. The summed E-state index contributed by atoms with van der Waals surface area (Å²) in [7, 11) is 1.76. The Balaban J connectivity index is 2.39. The number of rotatable bonds is 4. The van der Waals surface area contributed by atoms with Crippen molar-refractivity contribution in [1.82, 2.24) is 4.90 Å². The maximum atomic E-state index is 11.5. The first-order chi connectivity index (χ1) is 8.67. The zero-order chi connectivity index (χ0) is 13.1. The lowest BCUT2D eigenvalue weighted by Crippen LogP contribution is -2.32. The third-order valence-electron chi connectivity index (χ3n) is 3.10. The van der Waals surface area contributed by atoms with E-state index in [1.165, 1.54) is 0 Å². The van der Waals surface area contributed by atoms with Gasteiger partial charge in [0.2, 0.25) is 5.91 Å². The molecule has 0 saturated carbocycles. The number of aryl methyl sites for hydroxylation is 1. The normalized spacial score (nSPS) is 10.8. The largest absolute Gasteiger partial charge is 0.461 e. The summed E-state index contributed by atoms with van der Waals surface area (Å²) in [5.74, 6) is 0.871. The summed E-state index contributed by atoms with van der Waals surface area (Å²) in [5, 5.41) is 1.08. The Kier molecular flexibility index (Phi) is 3.67. The van der Waals surface area contributed by atoms with Crippen molar-refractivity contribution in [1.29, 1.82) is 0 Å². The number of carbonyl (C=O) groups is 1. The lowest BCUT2D eigenvalue weighted by atomic mass is 10.1. The zero-order valence-electron chi connectivity index (χ0n) is 10.8. The summed E-state index contributed by atoms with van der Waals surface area (Å²) in [6.07, 6.45) is 0.814. The molecule has 0 unspecified atom stereocenters. The second-order valence-electron chi connectivity index (χ2n) is 4.31. The minimum Gasteiger partial charge on any atom is -0.461 e. The van der Waals surface area contributed by atoms with E-state index in [9.17, 15) is 4.79 Å². The SMILES string of the molecule is CCc1oc2ccccc2c1CN(C)C(=O)CN. The van der Waals surface area contributed by atoms with E-state index in [0.717, 1.165) is 28.7 Å². The minimum absolute atomic E-state index is 0.0355. The van der Waals surface area contributed by atoms with Gasteiger partial charge in [-0.25, -0.2) is 0 Å². The molecule has 0 bridgehead atoms. The molecule has 0 fully saturated rings. The van der Waals surface area contributed by atoms with Crippen LogP contribution in [0.25, 0.3) is 11.0 Å². The van der Waals surface area contributed by atoms with Gasteiger partial charge < -0.3 is 15.1 Å². The molecule has 96 valence electrons. The van der Waals surface area contributed by atoms with Gasteiger partial charge in [0.05, 0.1) is 6.54 Å². The molecule has 0 atom stereocenters. The number of furan rings is 1. The molecule has 0 saturated heterocycles. The van der Waals surface area contributed by atoms with Crippen LogP contribution in [-0.2, 0) is 17.8 Å². The number of hydrogen-bond donors (Lipinski definition) is 1. The number of carbonyl (C=O) groups excluding carboxylic acids is 1. The van der Waals surface area contributed by atoms with Gasteiger partial charge in [-0.1, -0.05) is 25.1 Å². The number of benzene rings is 1. The molecular weight excluding hydrogens is 228 g/mol. The van der Waals surface area contributed by atoms with Crippen LogP contribution >= 0.6 is 0 Å². The first kappa shape index (κ1) is 12.6. The van der Waals surface area contributed by atoms with E-state index in [1.807, 2.05) is 31.2 Å². The molecule has 0 spiro atoms. The van der Waals surface area contributed by atoms with Crippen molar-refractivity contribution in [3.05, 3.63) is 35.6 Å². The van der Waals surface area contributed by atoms with Crippen LogP contribution in [0.4, 0.5) is 0 Å². The first-order valence-electron chi connectivity index (χ1n) is 6.10. The predicted molar refractivity (Wildman–Crippen MR) is 71.1 cm³/mol. The van der Waals surface area contributed by atoms with Crippen LogP contribution in [0.2, 0.25) is 0 Å². The fraction of sp³-hybridized carbons (Fsp3) is 0.357.